The maximum absolute atomic E-state index is 6.13. The molecule has 0 bridgehead atoms. The molecule has 2 aliphatic rings. The van der Waals surface area contributed by atoms with Crippen LogP contribution in [0.15, 0.2) is 18.2 Å². The fourth-order valence-corrected chi connectivity index (χ4v) is 3.74. The predicted octanol–water partition coefficient (Wildman–Crippen LogP) is 3.93. The molecule has 20 heavy (non-hydrogen) atoms. The van der Waals surface area contributed by atoms with Crippen molar-refractivity contribution in [2.45, 2.75) is 58.6 Å². The molecule has 0 amide bonds. The summed E-state index contributed by atoms with van der Waals surface area (Å²) in [5, 5.41) is 3.64. The molecule has 0 aromatic heterocycles. The summed E-state index contributed by atoms with van der Waals surface area (Å²) in [5.74, 6) is 2.93. The maximum atomic E-state index is 6.13. The Morgan fingerprint density at radius 1 is 1.30 bits per heavy atom. The molecular formula is C18H27NO. The van der Waals surface area contributed by atoms with Gasteiger partial charge < -0.3 is 10.1 Å². The van der Waals surface area contributed by atoms with Crippen LogP contribution in [-0.4, -0.2) is 12.1 Å². The van der Waals surface area contributed by atoms with Crippen molar-refractivity contribution in [3.63, 3.8) is 0 Å². The lowest BCUT2D eigenvalue weighted by Crippen LogP contribution is -2.25. The molecule has 1 heterocycles. The molecule has 3 rings (SSSR count). The molecule has 1 aliphatic heterocycles. The summed E-state index contributed by atoms with van der Waals surface area (Å²) in [4.78, 5) is 0. The molecular weight excluding hydrogens is 246 g/mol. The molecule has 1 aromatic carbocycles. The van der Waals surface area contributed by atoms with Crippen molar-refractivity contribution in [3.8, 4) is 5.75 Å². The molecule has 1 aliphatic carbocycles. The summed E-state index contributed by atoms with van der Waals surface area (Å²) in [5.41, 5.74) is 2.64. The van der Waals surface area contributed by atoms with Crippen LogP contribution < -0.4 is 10.1 Å². The van der Waals surface area contributed by atoms with E-state index in [0.717, 1.165) is 37.1 Å². The highest BCUT2D eigenvalue weighted by atomic mass is 16.5. The summed E-state index contributed by atoms with van der Waals surface area (Å²) >= 11 is 0. The number of hydrogen-bond donors (Lipinski definition) is 1. The third-order valence-corrected chi connectivity index (χ3v) is 4.72. The number of hydrogen-bond acceptors (Lipinski definition) is 2. The minimum Gasteiger partial charge on any atom is -0.487 e. The molecule has 1 saturated carbocycles. The third-order valence-electron chi connectivity index (χ3n) is 4.72. The van der Waals surface area contributed by atoms with E-state index in [1.54, 1.807) is 0 Å². The van der Waals surface area contributed by atoms with E-state index in [0.29, 0.717) is 0 Å². The summed E-state index contributed by atoms with van der Waals surface area (Å²) in [6, 6.07) is 6.56. The Kier molecular flexibility index (Phi) is 3.76. The van der Waals surface area contributed by atoms with Crippen LogP contribution in [0.1, 0.15) is 51.2 Å². The third kappa shape index (κ3) is 3.01. The predicted molar refractivity (Wildman–Crippen MR) is 83.1 cm³/mol. The maximum Gasteiger partial charge on any atom is 0.127 e. The lowest BCUT2D eigenvalue weighted by Gasteiger charge is -2.18. The molecule has 0 radical (unpaired) electrons. The van der Waals surface area contributed by atoms with Crippen molar-refractivity contribution < 1.29 is 4.74 Å². The van der Waals surface area contributed by atoms with Gasteiger partial charge in [0.15, 0.2) is 0 Å². The molecule has 1 N–H and O–H groups in total. The van der Waals surface area contributed by atoms with Crippen molar-refractivity contribution in [1.29, 1.82) is 0 Å². The number of benzene rings is 1. The monoisotopic (exact) mass is 273 g/mol. The lowest BCUT2D eigenvalue weighted by molar-refractivity contribution is 0.137. The summed E-state index contributed by atoms with van der Waals surface area (Å²) < 4.78 is 6.13. The second-order valence-corrected chi connectivity index (χ2v) is 7.36. The van der Waals surface area contributed by atoms with E-state index in [4.69, 9.17) is 4.74 Å². The summed E-state index contributed by atoms with van der Waals surface area (Å²) in [6.07, 6.45) is 5.22. The Bertz CT molecular complexity index is 480. The van der Waals surface area contributed by atoms with Gasteiger partial charge in [-0.15, -0.1) is 0 Å². The van der Waals surface area contributed by atoms with Crippen molar-refractivity contribution in [2.75, 3.05) is 6.54 Å². The van der Waals surface area contributed by atoms with Gasteiger partial charge in [-0.1, -0.05) is 31.5 Å². The molecule has 0 saturated heterocycles. The largest absolute Gasteiger partial charge is 0.487 e. The van der Waals surface area contributed by atoms with Crippen LogP contribution in [-0.2, 0) is 13.0 Å². The smallest absolute Gasteiger partial charge is 0.127 e. The van der Waals surface area contributed by atoms with Crippen molar-refractivity contribution >= 4 is 0 Å². The molecule has 2 unspecified atom stereocenters. The zero-order valence-electron chi connectivity index (χ0n) is 13.0. The fraction of sp³-hybridized carbons (Fsp3) is 0.667. The van der Waals surface area contributed by atoms with E-state index in [2.05, 4.69) is 44.3 Å². The van der Waals surface area contributed by atoms with Crippen molar-refractivity contribution in [2.24, 2.45) is 11.8 Å². The highest BCUT2D eigenvalue weighted by Crippen LogP contribution is 2.37. The van der Waals surface area contributed by atoms with Gasteiger partial charge in [0.1, 0.15) is 11.4 Å². The SMILES string of the molecule is CC1CCC(CNCc2cccc3c2OC(C)(C)C3)C1. The zero-order valence-corrected chi connectivity index (χ0v) is 13.0. The van der Waals surface area contributed by atoms with Crippen molar-refractivity contribution in [1.82, 2.24) is 5.32 Å². The number of rotatable bonds is 4. The average Bonchev–Trinajstić information content (AvgIpc) is 2.91. The van der Waals surface area contributed by atoms with E-state index in [1.807, 2.05) is 0 Å². The summed E-state index contributed by atoms with van der Waals surface area (Å²) in [6.45, 7) is 8.80. The van der Waals surface area contributed by atoms with Crippen LogP contribution >= 0.6 is 0 Å². The highest BCUT2D eigenvalue weighted by Gasteiger charge is 2.31. The minimum atomic E-state index is -0.0423. The van der Waals surface area contributed by atoms with E-state index >= 15 is 0 Å². The van der Waals surface area contributed by atoms with Gasteiger partial charge in [-0.2, -0.15) is 0 Å². The number of nitrogens with one attached hydrogen (secondary N) is 1. The molecule has 110 valence electrons. The van der Waals surface area contributed by atoms with Crippen LogP contribution in [0.5, 0.6) is 5.75 Å². The topological polar surface area (TPSA) is 21.3 Å². The average molecular weight is 273 g/mol. The molecule has 2 atom stereocenters. The Balaban J connectivity index is 1.58. The van der Waals surface area contributed by atoms with Gasteiger partial charge in [0, 0.05) is 18.5 Å². The van der Waals surface area contributed by atoms with Gasteiger partial charge in [0.2, 0.25) is 0 Å². The molecule has 2 heteroatoms. The quantitative estimate of drug-likeness (QED) is 0.897. The van der Waals surface area contributed by atoms with Gasteiger partial charge in [0.05, 0.1) is 0 Å². The molecule has 2 nitrogen and oxygen atoms in total. The van der Waals surface area contributed by atoms with Gasteiger partial charge in [-0.3, -0.25) is 0 Å². The zero-order chi connectivity index (χ0) is 14.2. The number of fused-ring (bicyclic) bond motifs is 1. The number of ether oxygens (including phenoxy) is 1. The van der Waals surface area contributed by atoms with Gasteiger partial charge >= 0.3 is 0 Å². The van der Waals surface area contributed by atoms with Crippen LogP contribution in [0.3, 0.4) is 0 Å². The fourth-order valence-electron chi connectivity index (χ4n) is 3.74. The van der Waals surface area contributed by atoms with Gasteiger partial charge in [0.25, 0.3) is 0 Å². The van der Waals surface area contributed by atoms with E-state index in [1.165, 1.54) is 30.4 Å². The highest BCUT2D eigenvalue weighted by molar-refractivity contribution is 5.45. The van der Waals surface area contributed by atoms with Crippen molar-refractivity contribution in [3.05, 3.63) is 29.3 Å². The van der Waals surface area contributed by atoms with E-state index < -0.39 is 0 Å². The molecule has 1 fully saturated rings. The molecule has 1 aromatic rings. The van der Waals surface area contributed by atoms with Gasteiger partial charge in [-0.05, 0) is 50.6 Å². The number of para-hydroxylation sites is 1. The first kappa shape index (κ1) is 13.9. The van der Waals surface area contributed by atoms with Crippen LogP contribution in [0, 0.1) is 11.8 Å². The first-order valence-corrected chi connectivity index (χ1v) is 8.04. The Hall–Kier alpha value is -1.02. The van der Waals surface area contributed by atoms with Crippen LogP contribution in [0.2, 0.25) is 0 Å². The first-order valence-electron chi connectivity index (χ1n) is 8.04. The Morgan fingerprint density at radius 3 is 2.90 bits per heavy atom. The lowest BCUT2D eigenvalue weighted by atomic mass is 10.0. The Morgan fingerprint density at radius 2 is 2.15 bits per heavy atom. The molecule has 0 spiro atoms. The minimum absolute atomic E-state index is 0.0423. The second-order valence-electron chi connectivity index (χ2n) is 7.36. The van der Waals surface area contributed by atoms with Gasteiger partial charge in [-0.25, -0.2) is 0 Å². The van der Waals surface area contributed by atoms with E-state index in [-0.39, 0.29) is 5.60 Å². The van der Waals surface area contributed by atoms with E-state index in [9.17, 15) is 0 Å². The van der Waals surface area contributed by atoms with Crippen LogP contribution in [0.25, 0.3) is 0 Å². The van der Waals surface area contributed by atoms with Crippen LogP contribution in [0.4, 0.5) is 0 Å². The normalized spacial score (nSPS) is 27.4. The second kappa shape index (κ2) is 5.40. The standard InChI is InChI=1S/C18H27NO/c1-13-7-8-14(9-13)11-19-12-16-6-4-5-15-10-18(2,3)20-17(15)16/h4-6,13-14,19H,7-12H2,1-3H3. The summed E-state index contributed by atoms with van der Waals surface area (Å²) in [7, 11) is 0. The first-order chi connectivity index (χ1) is 9.53. The Labute approximate surface area is 122 Å².